The van der Waals surface area contributed by atoms with Gasteiger partial charge in [0.2, 0.25) is 0 Å². The molecule has 2 aromatic carbocycles. The summed E-state index contributed by atoms with van der Waals surface area (Å²) in [7, 11) is 0. The molecular weight excluding hydrogens is 312 g/mol. The van der Waals surface area contributed by atoms with E-state index in [1.807, 2.05) is 59.5 Å². The van der Waals surface area contributed by atoms with Crippen LogP contribution in [-0.2, 0) is 22.7 Å². The van der Waals surface area contributed by atoms with Gasteiger partial charge in [-0.15, -0.1) is 0 Å². The topological polar surface area (TPSA) is 42.4 Å². The number of amides is 1. The number of ether oxygens (including phenoxy) is 1. The Morgan fingerprint density at radius 3 is 2.52 bits per heavy atom. The molecule has 4 nitrogen and oxygen atoms in total. The van der Waals surface area contributed by atoms with Gasteiger partial charge < -0.3 is 9.64 Å². The maximum absolute atomic E-state index is 12.5. The fourth-order valence-electron chi connectivity index (χ4n) is 3.09. The Bertz CT molecular complexity index is 879. The Morgan fingerprint density at radius 1 is 0.920 bits per heavy atom. The lowest BCUT2D eigenvalue weighted by Gasteiger charge is -2.23. The van der Waals surface area contributed by atoms with Crippen LogP contribution in [0, 0.1) is 0 Å². The second-order valence-corrected chi connectivity index (χ2v) is 6.04. The zero-order valence-electron chi connectivity index (χ0n) is 13.8. The number of carbonyl (C=O) groups excluding carboxylic acids is 1. The van der Waals surface area contributed by atoms with Crippen molar-refractivity contribution in [2.75, 3.05) is 11.5 Å². The lowest BCUT2D eigenvalue weighted by Crippen LogP contribution is -2.32. The molecule has 0 aliphatic carbocycles. The molecule has 0 atom stereocenters. The number of hydrogen-bond donors (Lipinski definition) is 0. The van der Waals surface area contributed by atoms with Crippen molar-refractivity contribution in [2.45, 2.75) is 13.2 Å². The summed E-state index contributed by atoms with van der Waals surface area (Å²) >= 11 is 0. The minimum atomic E-state index is -0.0146. The van der Waals surface area contributed by atoms with Crippen LogP contribution in [-0.4, -0.2) is 17.5 Å². The third-order valence-electron chi connectivity index (χ3n) is 4.35. The van der Waals surface area contributed by atoms with Crippen molar-refractivity contribution in [2.24, 2.45) is 0 Å². The van der Waals surface area contributed by atoms with Crippen LogP contribution >= 0.6 is 0 Å². The molecule has 2 heterocycles. The van der Waals surface area contributed by atoms with E-state index in [1.165, 1.54) is 0 Å². The molecule has 4 rings (SSSR count). The monoisotopic (exact) mass is 330 g/mol. The van der Waals surface area contributed by atoms with Gasteiger partial charge in [0.25, 0.3) is 5.91 Å². The summed E-state index contributed by atoms with van der Waals surface area (Å²) in [5.74, 6) is -0.0146. The first-order valence-electron chi connectivity index (χ1n) is 8.26. The number of aromatic nitrogens is 1. The van der Waals surface area contributed by atoms with Crippen molar-refractivity contribution in [1.29, 1.82) is 0 Å². The predicted molar refractivity (Wildman–Crippen MR) is 97.0 cm³/mol. The number of pyridine rings is 1. The summed E-state index contributed by atoms with van der Waals surface area (Å²) in [6, 6.07) is 20.1. The Hall–Kier alpha value is -2.98. The van der Waals surface area contributed by atoms with Crippen molar-refractivity contribution in [3.05, 3.63) is 84.2 Å². The summed E-state index contributed by atoms with van der Waals surface area (Å²) in [6.07, 6.45) is 3.56. The summed E-state index contributed by atoms with van der Waals surface area (Å²) in [5.41, 5.74) is 5.24. The maximum Gasteiger partial charge on any atom is 0.253 e. The van der Waals surface area contributed by atoms with E-state index in [0.717, 1.165) is 27.9 Å². The Kier molecular flexibility index (Phi) is 4.27. The molecule has 0 N–H and O–H groups in total. The van der Waals surface area contributed by atoms with Crippen LogP contribution in [0.1, 0.15) is 11.1 Å². The maximum atomic E-state index is 12.5. The standard InChI is InChI=1S/C21H18N2O2/c24-21-15-25-14-19-12-18(17-8-10-22-11-9-17)6-7-20(19)23(21)13-16-4-2-1-3-5-16/h1-12H,13-15H2. The number of benzene rings is 2. The Morgan fingerprint density at radius 2 is 1.72 bits per heavy atom. The molecule has 1 aromatic heterocycles. The number of carbonyl (C=O) groups is 1. The molecule has 0 saturated heterocycles. The highest BCUT2D eigenvalue weighted by Crippen LogP contribution is 2.30. The van der Waals surface area contributed by atoms with Crippen molar-refractivity contribution in [1.82, 2.24) is 4.98 Å². The minimum Gasteiger partial charge on any atom is -0.367 e. The molecule has 0 bridgehead atoms. The average Bonchev–Trinajstić information content (AvgIpc) is 2.82. The SMILES string of the molecule is O=C1COCc2cc(-c3ccncc3)ccc2N1Cc1ccccc1. The fraction of sp³-hybridized carbons (Fsp3) is 0.143. The lowest BCUT2D eigenvalue weighted by molar-refractivity contribution is -0.123. The third-order valence-corrected chi connectivity index (χ3v) is 4.35. The van der Waals surface area contributed by atoms with E-state index >= 15 is 0 Å². The van der Waals surface area contributed by atoms with E-state index in [-0.39, 0.29) is 12.5 Å². The van der Waals surface area contributed by atoms with E-state index < -0.39 is 0 Å². The van der Waals surface area contributed by atoms with E-state index in [4.69, 9.17) is 4.74 Å². The fourth-order valence-corrected chi connectivity index (χ4v) is 3.09. The number of nitrogens with zero attached hydrogens (tertiary/aromatic N) is 2. The predicted octanol–water partition coefficient (Wildman–Crippen LogP) is 3.81. The van der Waals surface area contributed by atoms with E-state index in [9.17, 15) is 4.79 Å². The third kappa shape index (κ3) is 3.30. The van der Waals surface area contributed by atoms with Crippen LogP contribution in [0.5, 0.6) is 0 Å². The van der Waals surface area contributed by atoms with Crippen molar-refractivity contribution in [3.8, 4) is 11.1 Å². The van der Waals surface area contributed by atoms with Gasteiger partial charge in [0, 0.05) is 23.6 Å². The second-order valence-electron chi connectivity index (χ2n) is 6.04. The molecule has 0 spiro atoms. The van der Waals surface area contributed by atoms with Crippen LogP contribution in [0.4, 0.5) is 5.69 Å². The molecular formula is C21H18N2O2. The zero-order valence-corrected chi connectivity index (χ0v) is 13.8. The van der Waals surface area contributed by atoms with Gasteiger partial charge in [-0.25, -0.2) is 0 Å². The first kappa shape index (κ1) is 15.5. The smallest absolute Gasteiger partial charge is 0.253 e. The van der Waals surface area contributed by atoms with Crippen molar-refractivity contribution >= 4 is 11.6 Å². The molecule has 0 fully saturated rings. The van der Waals surface area contributed by atoms with Crippen LogP contribution in [0.2, 0.25) is 0 Å². The molecule has 1 aliphatic rings. The molecule has 0 unspecified atom stereocenters. The van der Waals surface area contributed by atoms with Gasteiger partial charge in [0.1, 0.15) is 6.61 Å². The summed E-state index contributed by atoms with van der Waals surface area (Å²) in [5, 5.41) is 0. The van der Waals surface area contributed by atoms with E-state index in [1.54, 1.807) is 12.4 Å². The van der Waals surface area contributed by atoms with Gasteiger partial charge in [-0.1, -0.05) is 36.4 Å². The number of hydrogen-bond acceptors (Lipinski definition) is 3. The van der Waals surface area contributed by atoms with Gasteiger partial charge in [-0.05, 0) is 41.0 Å². The summed E-state index contributed by atoms with van der Waals surface area (Å²) in [4.78, 5) is 18.4. The summed E-state index contributed by atoms with van der Waals surface area (Å²) in [6.45, 7) is 1.09. The second kappa shape index (κ2) is 6.87. The quantitative estimate of drug-likeness (QED) is 0.733. The Balaban J connectivity index is 1.72. The number of rotatable bonds is 3. The minimum absolute atomic E-state index is 0.0146. The summed E-state index contributed by atoms with van der Waals surface area (Å²) < 4.78 is 5.59. The van der Waals surface area contributed by atoms with Gasteiger partial charge in [0.05, 0.1) is 13.2 Å². The van der Waals surface area contributed by atoms with Gasteiger partial charge >= 0.3 is 0 Å². The molecule has 0 radical (unpaired) electrons. The van der Waals surface area contributed by atoms with E-state index in [0.29, 0.717) is 13.2 Å². The lowest BCUT2D eigenvalue weighted by atomic mass is 10.0. The Labute approximate surface area is 146 Å². The van der Waals surface area contributed by atoms with Crippen LogP contribution < -0.4 is 4.90 Å². The molecule has 1 aliphatic heterocycles. The largest absolute Gasteiger partial charge is 0.367 e. The van der Waals surface area contributed by atoms with Crippen molar-refractivity contribution < 1.29 is 9.53 Å². The van der Waals surface area contributed by atoms with Gasteiger partial charge in [0.15, 0.2) is 0 Å². The van der Waals surface area contributed by atoms with Gasteiger partial charge in [-0.3, -0.25) is 9.78 Å². The average molecular weight is 330 g/mol. The highest BCUT2D eigenvalue weighted by atomic mass is 16.5. The van der Waals surface area contributed by atoms with Crippen molar-refractivity contribution in [3.63, 3.8) is 0 Å². The molecule has 0 saturated carbocycles. The van der Waals surface area contributed by atoms with Crippen LogP contribution in [0.25, 0.3) is 11.1 Å². The van der Waals surface area contributed by atoms with Crippen LogP contribution in [0.15, 0.2) is 73.1 Å². The first-order valence-corrected chi connectivity index (χ1v) is 8.26. The normalized spacial score (nSPS) is 14.1. The molecule has 1 amide bonds. The number of fused-ring (bicyclic) bond motifs is 1. The van der Waals surface area contributed by atoms with Gasteiger partial charge in [-0.2, -0.15) is 0 Å². The highest BCUT2D eigenvalue weighted by Gasteiger charge is 2.23. The number of anilines is 1. The highest BCUT2D eigenvalue weighted by molar-refractivity contribution is 5.95. The first-order chi connectivity index (χ1) is 12.3. The molecule has 4 heteroatoms. The molecule has 25 heavy (non-hydrogen) atoms. The van der Waals surface area contributed by atoms with Crippen LogP contribution in [0.3, 0.4) is 0 Å². The van der Waals surface area contributed by atoms with E-state index in [2.05, 4.69) is 11.1 Å². The molecule has 3 aromatic rings. The molecule has 124 valence electrons. The zero-order chi connectivity index (χ0) is 17.1.